The average Bonchev–Trinajstić information content (AvgIpc) is 2.58. The number of sulfonamides is 1. The van der Waals surface area contributed by atoms with E-state index in [1.54, 1.807) is 25.9 Å². The number of amides is 1. The Balaban J connectivity index is 2.67. The molecule has 0 aromatic rings. The average molecular weight is 434 g/mol. The number of rotatable bonds is 7. The van der Waals surface area contributed by atoms with Gasteiger partial charge in [0, 0.05) is 45.5 Å². The third kappa shape index (κ3) is 7.37. The second-order valence-electron chi connectivity index (χ2n) is 6.14. The van der Waals surface area contributed by atoms with E-state index in [2.05, 4.69) is 15.6 Å². The minimum absolute atomic E-state index is 0.0666. The molecule has 158 valence electrons. The van der Waals surface area contributed by atoms with E-state index in [9.17, 15) is 26.4 Å². The van der Waals surface area contributed by atoms with Crippen molar-refractivity contribution >= 4 is 33.7 Å². The largest absolute Gasteiger partial charge is 0.511 e. The molecule has 1 saturated heterocycles. The van der Waals surface area contributed by atoms with E-state index in [1.807, 2.05) is 6.26 Å². The van der Waals surface area contributed by atoms with E-state index in [-0.39, 0.29) is 44.4 Å². The summed E-state index contributed by atoms with van der Waals surface area (Å²) < 4.78 is 61.2. The van der Waals surface area contributed by atoms with Gasteiger partial charge in [-0.15, -0.1) is 0 Å². The Bertz CT molecular complexity index is 618. The zero-order chi connectivity index (χ0) is 20.7. The first kappa shape index (κ1) is 23.8. The number of carbonyl (C=O) groups excluding carboxylic acids is 1. The molecule has 0 saturated carbocycles. The Morgan fingerprint density at radius 1 is 1.30 bits per heavy atom. The van der Waals surface area contributed by atoms with Crippen molar-refractivity contribution in [3.8, 4) is 0 Å². The molecule has 0 aromatic heterocycles. The standard InChI is InChI=1S/C14H26F3N5O3S2/c1-21(2)12(23)10-19-13(18-6-9-26-3)20-11-4-7-22(8-5-11)27(24,25)14(15,16)17/h11H,4-10H2,1-3H3,(H2,18,19,20). The van der Waals surface area contributed by atoms with Crippen molar-refractivity contribution < 1.29 is 26.4 Å². The SMILES string of the molecule is CSCCNC(=NCC(=O)N(C)C)NC1CCN(S(=O)(=O)C(F)(F)F)CC1. The van der Waals surface area contributed by atoms with Crippen molar-refractivity contribution in [1.82, 2.24) is 19.8 Å². The minimum atomic E-state index is -5.29. The fraction of sp³-hybridized carbons (Fsp3) is 0.857. The number of piperidine rings is 1. The molecule has 0 unspecified atom stereocenters. The monoisotopic (exact) mass is 433 g/mol. The fourth-order valence-electron chi connectivity index (χ4n) is 2.29. The van der Waals surface area contributed by atoms with E-state index in [1.165, 1.54) is 4.90 Å². The molecule has 0 bridgehead atoms. The molecule has 0 radical (unpaired) electrons. The second-order valence-corrected chi connectivity index (χ2v) is 9.06. The number of thioether (sulfide) groups is 1. The molecular weight excluding hydrogens is 407 g/mol. The number of aliphatic imine (C=N–C) groups is 1. The summed E-state index contributed by atoms with van der Waals surface area (Å²) in [6, 6.07) is -0.236. The second kappa shape index (κ2) is 10.4. The number of guanidine groups is 1. The van der Waals surface area contributed by atoms with Crippen LogP contribution in [0.5, 0.6) is 0 Å². The van der Waals surface area contributed by atoms with Crippen molar-refractivity contribution in [2.24, 2.45) is 4.99 Å². The summed E-state index contributed by atoms with van der Waals surface area (Å²) in [7, 11) is -2.07. The molecule has 0 aromatic carbocycles. The number of hydrogen-bond acceptors (Lipinski definition) is 5. The van der Waals surface area contributed by atoms with Gasteiger partial charge in [-0.2, -0.15) is 29.2 Å². The highest BCUT2D eigenvalue weighted by Gasteiger charge is 2.50. The molecule has 0 atom stereocenters. The lowest BCUT2D eigenvalue weighted by molar-refractivity contribution is -0.127. The molecule has 0 aliphatic carbocycles. The van der Waals surface area contributed by atoms with Crippen LogP contribution in [0.4, 0.5) is 13.2 Å². The quantitative estimate of drug-likeness (QED) is 0.341. The van der Waals surface area contributed by atoms with Gasteiger partial charge in [-0.05, 0) is 19.1 Å². The number of halogens is 3. The van der Waals surface area contributed by atoms with Gasteiger partial charge < -0.3 is 15.5 Å². The zero-order valence-electron chi connectivity index (χ0n) is 15.5. The molecule has 8 nitrogen and oxygen atoms in total. The Hall–Kier alpha value is -1.21. The zero-order valence-corrected chi connectivity index (χ0v) is 17.2. The summed E-state index contributed by atoms with van der Waals surface area (Å²) in [4.78, 5) is 17.3. The number of nitrogens with one attached hydrogen (secondary N) is 2. The molecule has 1 heterocycles. The topological polar surface area (TPSA) is 94.1 Å². The van der Waals surface area contributed by atoms with Gasteiger partial charge in [-0.25, -0.2) is 13.4 Å². The number of hydrogen-bond donors (Lipinski definition) is 2. The Kier molecular flexibility index (Phi) is 9.15. The van der Waals surface area contributed by atoms with E-state index in [4.69, 9.17) is 0 Å². The molecule has 0 spiro atoms. The number of nitrogens with zero attached hydrogens (tertiary/aromatic N) is 3. The van der Waals surface area contributed by atoms with Crippen LogP contribution in [-0.2, 0) is 14.8 Å². The highest BCUT2D eigenvalue weighted by Crippen LogP contribution is 2.28. The Labute approximate surface area is 162 Å². The van der Waals surface area contributed by atoms with Crippen LogP contribution < -0.4 is 10.6 Å². The predicted octanol–water partition coefficient (Wildman–Crippen LogP) is 0.287. The van der Waals surface area contributed by atoms with Crippen LogP contribution in [0.25, 0.3) is 0 Å². The fourth-order valence-corrected chi connectivity index (χ4v) is 3.58. The van der Waals surface area contributed by atoms with Gasteiger partial charge >= 0.3 is 15.5 Å². The van der Waals surface area contributed by atoms with Crippen molar-refractivity contribution in [2.75, 3.05) is 52.3 Å². The molecule has 2 N–H and O–H groups in total. The van der Waals surface area contributed by atoms with E-state index in [0.29, 0.717) is 16.8 Å². The maximum atomic E-state index is 12.6. The summed E-state index contributed by atoms with van der Waals surface area (Å²) >= 11 is 1.62. The van der Waals surface area contributed by atoms with Crippen LogP contribution in [0.2, 0.25) is 0 Å². The molecule has 1 fully saturated rings. The van der Waals surface area contributed by atoms with Crippen molar-refractivity contribution in [1.29, 1.82) is 0 Å². The lowest BCUT2D eigenvalue weighted by atomic mass is 10.1. The van der Waals surface area contributed by atoms with Gasteiger partial charge in [-0.1, -0.05) is 0 Å². The minimum Gasteiger partial charge on any atom is -0.356 e. The van der Waals surface area contributed by atoms with Crippen LogP contribution in [0.3, 0.4) is 0 Å². The van der Waals surface area contributed by atoms with Crippen LogP contribution in [-0.4, -0.2) is 93.3 Å². The van der Waals surface area contributed by atoms with E-state index >= 15 is 0 Å². The summed E-state index contributed by atoms with van der Waals surface area (Å²) in [6.45, 7) is 0.0792. The number of carbonyl (C=O) groups is 1. The normalized spacial score (nSPS) is 17.6. The van der Waals surface area contributed by atoms with Crippen LogP contribution >= 0.6 is 11.8 Å². The van der Waals surface area contributed by atoms with Crippen molar-refractivity contribution in [3.63, 3.8) is 0 Å². The first-order valence-corrected chi connectivity index (χ1v) is 11.1. The molecular formula is C14H26F3N5O3S2. The highest BCUT2D eigenvalue weighted by atomic mass is 32.2. The summed E-state index contributed by atoms with van der Waals surface area (Å²) in [5.74, 6) is 1.01. The van der Waals surface area contributed by atoms with Gasteiger partial charge in [-0.3, -0.25) is 4.79 Å². The number of alkyl halides is 3. The third-order valence-electron chi connectivity index (χ3n) is 3.90. The summed E-state index contributed by atoms with van der Waals surface area (Å²) in [5.41, 5.74) is -5.29. The van der Waals surface area contributed by atoms with Crippen molar-refractivity contribution in [2.45, 2.75) is 24.4 Å². The first-order valence-electron chi connectivity index (χ1n) is 8.29. The molecule has 1 rings (SSSR count). The lowest BCUT2D eigenvalue weighted by Crippen LogP contribution is -2.52. The molecule has 1 aliphatic rings. The highest BCUT2D eigenvalue weighted by molar-refractivity contribution is 7.98. The lowest BCUT2D eigenvalue weighted by Gasteiger charge is -2.32. The van der Waals surface area contributed by atoms with Gasteiger partial charge in [0.25, 0.3) is 0 Å². The van der Waals surface area contributed by atoms with Gasteiger partial charge in [0.1, 0.15) is 6.54 Å². The van der Waals surface area contributed by atoms with Crippen molar-refractivity contribution in [3.05, 3.63) is 0 Å². The summed E-state index contributed by atoms with van der Waals surface area (Å²) in [5, 5.41) is 6.14. The first-order chi connectivity index (χ1) is 12.5. The van der Waals surface area contributed by atoms with Gasteiger partial charge in [0.05, 0.1) is 0 Å². The van der Waals surface area contributed by atoms with Crippen LogP contribution in [0.15, 0.2) is 4.99 Å². The molecule has 1 aliphatic heterocycles. The van der Waals surface area contributed by atoms with Gasteiger partial charge in [0.2, 0.25) is 5.91 Å². The molecule has 27 heavy (non-hydrogen) atoms. The third-order valence-corrected chi connectivity index (χ3v) is 6.14. The maximum Gasteiger partial charge on any atom is 0.511 e. The van der Waals surface area contributed by atoms with Crippen LogP contribution in [0.1, 0.15) is 12.8 Å². The Morgan fingerprint density at radius 2 is 1.89 bits per heavy atom. The van der Waals surface area contributed by atoms with E-state index in [0.717, 1.165) is 5.75 Å². The van der Waals surface area contributed by atoms with E-state index < -0.39 is 15.5 Å². The number of likely N-dealkylation sites (N-methyl/N-ethyl adjacent to an activating group) is 1. The smallest absolute Gasteiger partial charge is 0.356 e. The van der Waals surface area contributed by atoms with Crippen LogP contribution in [0, 0.1) is 0 Å². The molecule has 1 amide bonds. The Morgan fingerprint density at radius 3 is 2.37 bits per heavy atom. The molecule has 13 heteroatoms. The predicted molar refractivity (Wildman–Crippen MR) is 100 cm³/mol. The van der Waals surface area contributed by atoms with Gasteiger partial charge in [0.15, 0.2) is 5.96 Å². The summed E-state index contributed by atoms with van der Waals surface area (Å²) in [6.07, 6.45) is 2.36. The maximum absolute atomic E-state index is 12.6.